The summed E-state index contributed by atoms with van der Waals surface area (Å²) < 4.78 is 16.0. The molecular formula is C16H33NO3. The van der Waals surface area contributed by atoms with Gasteiger partial charge in [0.25, 0.3) is 0 Å². The second kappa shape index (κ2) is 10.6. The van der Waals surface area contributed by atoms with Crippen LogP contribution in [0.25, 0.3) is 0 Å². The third kappa shape index (κ3) is 7.58. The van der Waals surface area contributed by atoms with Gasteiger partial charge in [-0.2, -0.15) is 0 Å². The lowest BCUT2D eigenvalue weighted by atomic mass is 9.66. The van der Waals surface area contributed by atoms with Gasteiger partial charge in [0.2, 0.25) is 0 Å². The summed E-state index contributed by atoms with van der Waals surface area (Å²) in [7, 11) is 1.69. The minimum Gasteiger partial charge on any atom is -0.382 e. The van der Waals surface area contributed by atoms with Crippen LogP contribution in [0.3, 0.4) is 0 Å². The molecule has 1 aliphatic rings. The Hall–Kier alpha value is -0.160. The Labute approximate surface area is 124 Å². The molecular weight excluding hydrogens is 254 g/mol. The van der Waals surface area contributed by atoms with Crippen molar-refractivity contribution in [3.8, 4) is 0 Å². The van der Waals surface area contributed by atoms with Gasteiger partial charge in [0.05, 0.1) is 26.4 Å². The van der Waals surface area contributed by atoms with Crippen LogP contribution in [-0.4, -0.2) is 53.2 Å². The molecule has 120 valence electrons. The lowest BCUT2D eigenvalue weighted by molar-refractivity contribution is 0.00586. The fourth-order valence-electron chi connectivity index (χ4n) is 2.57. The minimum atomic E-state index is 0.506. The van der Waals surface area contributed by atoms with Crippen LogP contribution in [0.5, 0.6) is 0 Å². The quantitative estimate of drug-likeness (QED) is 0.528. The molecule has 0 aromatic heterocycles. The number of hydrogen-bond acceptors (Lipinski definition) is 4. The SMILES string of the molecule is COCCOCCOCCC1(CNCC(C)C)CCC1. The van der Waals surface area contributed by atoms with Crippen LogP contribution in [-0.2, 0) is 14.2 Å². The number of methoxy groups -OCH3 is 1. The summed E-state index contributed by atoms with van der Waals surface area (Å²) in [4.78, 5) is 0. The standard InChI is InChI=1S/C16H33NO3/c1-15(2)13-17-14-16(5-4-6-16)7-8-19-11-12-20-10-9-18-3/h15,17H,4-14H2,1-3H3. The van der Waals surface area contributed by atoms with Gasteiger partial charge in [-0.05, 0) is 37.1 Å². The Bertz CT molecular complexity index is 230. The van der Waals surface area contributed by atoms with Crippen LogP contribution < -0.4 is 5.32 Å². The summed E-state index contributed by atoms with van der Waals surface area (Å²) in [5.41, 5.74) is 0.506. The molecule has 1 saturated carbocycles. The molecule has 0 unspecified atom stereocenters. The first-order chi connectivity index (χ1) is 9.68. The third-order valence-electron chi connectivity index (χ3n) is 4.05. The molecule has 1 fully saturated rings. The van der Waals surface area contributed by atoms with E-state index in [1.165, 1.54) is 25.7 Å². The molecule has 0 heterocycles. The number of ether oxygens (including phenoxy) is 3. The summed E-state index contributed by atoms with van der Waals surface area (Å²) in [5, 5.41) is 3.61. The van der Waals surface area contributed by atoms with Crippen LogP contribution in [0.4, 0.5) is 0 Å². The van der Waals surface area contributed by atoms with E-state index in [1.54, 1.807) is 7.11 Å². The summed E-state index contributed by atoms with van der Waals surface area (Å²) in [6.07, 6.45) is 5.26. The smallest absolute Gasteiger partial charge is 0.0701 e. The molecule has 1 aliphatic carbocycles. The molecule has 0 aromatic carbocycles. The van der Waals surface area contributed by atoms with E-state index < -0.39 is 0 Å². The van der Waals surface area contributed by atoms with Crippen molar-refractivity contribution in [2.75, 3.05) is 53.2 Å². The molecule has 0 bridgehead atoms. The molecule has 1 rings (SSSR count). The lowest BCUT2D eigenvalue weighted by Gasteiger charge is -2.42. The predicted octanol–water partition coefficient (Wildman–Crippen LogP) is 2.47. The van der Waals surface area contributed by atoms with Crippen molar-refractivity contribution >= 4 is 0 Å². The zero-order valence-corrected chi connectivity index (χ0v) is 13.6. The number of nitrogens with one attached hydrogen (secondary N) is 1. The van der Waals surface area contributed by atoms with E-state index in [1.807, 2.05) is 0 Å². The highest BCUT2D eigenvalue weighted by atomic mass is 16.5. The van der Waals surface area contributed by atoms with Gasteiger partial charge >= 0.3 is 0 Å². The highest BCUT2D eigenvalue weighted by molar-refractivity contribution is 4.89. The van der Waals surface area contributed by atoms with E-state index in [0.717, 1.165) is 25.6 Å². The summed E-state index contributed by atoms with van der Waals surface area (Å²) in [6.45, 7) is 10.3. The highest BCUT2D eigenvalue weighted by Gasteiger charge is 2.35. The second-order valence-electron chi connectivity index (χ2n) is 6.35. The zero-order valence-electron chi connectivity index (χ0n) is 13.6. The monoisotopic (exact) mass is 287 g/mol. The van der Waals surface area contributed by atoms with Crippen LogP contribution in [0.1, 0.15) is 39.5 Å². The van der Waals surface area contributed by atoms with E-state index in [2.05, 4.69) is 19.2 Å². The van der Waals surface area contributed by atoms with Crippen molar-refractivity contribution in [2.24, 2.45) is 11.3 Å². The molecule has 20 heavy (non-hydrogen) atoms. The van der Waals surface area contributed by atoms with Crippen molar-refractivity contribution in [3.05, 3.63) is 0 Å². The van der Waals surface area contributed by atoms with E-state index in [9.17, 15) is 0 Å². The van der Waals surface area contributed by atoms with Gasteiger partial charge < -0.3 is 19.5 Å². The van der Waals surface area contributed by atoms with E-state index >= 15 is 0 Å². The first-order valence-corrected chi connectivity index (χ1v) is 8.04. The Morgan fingerprint density at radius 3 is 2.20 bits per heavy atom. The molecule has 0 radical (unpaired) electrons. The van der Waals surface area contributed by atoms with E-state index in [-0.39, 0.29) is 0 Å². The van der Waals surface area contributed by atoms with Gasteiger partial charge in [0.15, 0.2) is 0 Å². The van der Waals surface area contributed by atoms with Crippen molar-refractivity contribution < 1.29 is 14.2 Å². The molecule has 1 N–H and O–H groups in total. The van der Waals surface area contributed by atoms with Crippen molar-refractivity contribution in [2.45, 2.75) is 39.5 Å². The van der Waals surface area contributed by atoms with Gasteiger partial charge in [-0.3, -0.25) is 0 Å². The van der Waals surface area contributed by atoms with Gasteiger partial charge in [-0.25, -0.2) is 0 Å². The maximum Gasteiger partial charge on any atom is 0.0701 e. The van der Waals surface area contributed by atoms with Crippen LogP contribution in [0, 0.1) is 11.3 Å². The third-order valence-corrected chi connectivity index (χ3v) is 4.05. The fourth-order valence-corrected chi connectivity index (χ4v) is 2.57. The van der Waals surface area contributed by atoms with Gasteiger partial charge in [-0.1, -0.05) is 20.3 Å². The average Bonchev–Trinajstić information content (AvgIpc) is 2.37. The summed E-state index contributed by atoms with van der Waals surface area (Å²) in [5.74, 6) is 0.729. The number of rotatable bonds is 13. The molecule has 0 amide bonds. The fraction of sp³-hybridized carbons (Fsp3) is 1.00. The Morgan fingerprint density at radius 2 is 1.65 bits per heavy atom. The summed E-state index contributed by atoms with van der Waals surface area (Å²) in [6, 6.07) is 0. The molecule has 0 saturated heterocycles. The topological polar surface area (TPSA) is 39.7 Å². The molecule has 0 spiro atoms. The van der Waals surface area contributed by atoms with E-state index in [4.69, 9.17) is 14.2 Å². The Balaban J connectivity index is 1.98. The second-order valence-corrected chi connectivity index (χ2v) is 6.35. The largest absolute Gasteiger partial charge is 0.382 e. The maximum absolute atomic E-state index is 5.68. The lowest BCUT2D eigenvalue weighted by Crippen LogP contribution is -2.41. The Morgan fingerprint density at radius 1 is 1.00 bits per heavy atom. The molecule has 4 heteroatoms. The van der Waals surface area contributed by atoms with Crippen LogP contribution in [0.15, 0.2) is 0 Å². The maximum atomic E-state index is 5.68. The molecule has 0 atom stereocenters. The van der Waals surface area contributed by atoms with Gasteiger partial charge in [-0.15, -0.1) is 0 Å². The molecule has 0 aliphatic heterocycles. The van der Waals surface area contributed by atoms with Crippen molar-refractivity contribution in [3.63, 3.8) is 0 Å². The Kier molecular flexibility index (Phi) is 9.44. The minimum absolute atomic E-state index is 0.506. The van der Waals surface area contributed by atoms with Gasteiger partial charge in [0, 0.05) is 20.3 Å². The van der Waals surface area contributed by atoms with Crippen molar-refractivity contribution in [1.82, 2.24) is 5.32 Å². The summed E-state index contributed by atoms with van der Waals surface area (Å²) >= 11 is 0. The normalized spacial score (nSPS) is 17.4. The van der Waals surface area contributed by atoms with E-state index in [0.29, 0.717) is 31.8 Å². The first kappa shape index (κ1) is 17.9. The van der Waals surface area contributed by atoms with Crippen molar-refractivity contribution in [1.29, 1.82) is 0 Å². The van der Waals surface area contributed by atoms with Crippen LogP contribution >= 0.6 is 0 Å². The number of hydrogen-bond donors (Lipinski definition) is 1. The zero-order chi connectivity index (χ0) is 14.7. The molecule has 0 aromatic rings. The first-order valence-electron chi connectivity index (χ1n) is 8.04. The average molecular weight is 287 g/mol. The van der Waals surface area contributed by atoms with Gasteiger partial charge in [0.1, 0.15) is 0 Å². The highest BCUT2D eigenvalue weighted by Crippen LogP contribution is 2.43. The van der Waals surface area contributed by atoms with Crippen LogP contribution in [0.2, 0.25) is 0 Å². The predicted molar refractivity (Wildman–Crippen MR) is 82.1 cm³/mol. The molecule has 4 nitrogen and oxygen atoms in total.